The number of esters is 2. The van der Waals surface area contributed by atoms with Crippen LogP contribution in [0.5, 0.6) is 5.75 Å². The summed E-state index contributed by atoms with van der Waals surface area (Å²) in [6, 6.07) is 12.0. The largest absolute Gasteiger partial charge is 0.452 e. The van der Waals surface area contributed by atoms with Crippen LogP contribution in [0.3, 0.4) is 0 Å². The molecule has 0 spiro atoms. The summed E-state index contributed by atoms with van der Waals surface area (Å²) in [4.78, 5) is 58.9. The molecule has 1 saturated heterocycles. The molecule has 1 aliphatic rings. The summed E-state index contributed by atoms with van der Waals surface area (Å²) in [6.45, 7) is 7.25. The van der Waals surface area contributed by atoms with Crippen molar-refractivity contribution in [2.45, 2.75) is 13.8 Å². The maximum Gasteiger partial charge on any atom is 0.343 e. The molecule has 208 valence electrons. The molecule has 0 radical (unpaired) electrons. The van der Waals surface area contributed by atoms with Crippen LogP contribution in [0.4, 0.5) is 5.69 Å². The van der Waals surface area contributed by atoms with Crippen LogP contribution in [-0.2, 0) is 14.3 Å². The first-order valence-corrected chi connectivity index (χ1v) is 12.7. The first-order valence-electron chi connectivity index (χ1n) is 12.7. The fourth-order valence-electron chi connectivity index (χ4n) is 3.97. The van der Waals surface area contributed by atoms with Crippen molar-refractivity contribution in [3.8, 4) is 5.75 Å². The predicted octanol–water partition coefficient (Wildman–Crippen LogP) is 0.980. The predicted molar refractivity (Wildman–Crippen MR) is 145 cm³/mol. The number of amides is 2. The van der Waals surface area contributed by atoms with Gasteiger partial charge in [-0.05, 0) is 62.4 Å². The monoisotopic (exact) mass is 538 g/mol. The van der Waals surface area contributed by atoms with Gasteiger partial charge in [-0.25, -0.2) is 14.6 Å². The highest BCUT2D eigenvalue weighted by atomic mass is 16.5. The zero-order chi connectivity index (χ0) is 28.4. The van der Waals surface area contributed by atoms with Crippen molar-refractivity contribution in [1.82, 2.24) is 14.7 Å². The van der Waals surface area contributed by atoms with E-state index in [0.29, 0.717) is 57.1 Å². The van der Waals surface area contributed by atoms with Gasteiger partial charge < -0.3 is 30.7 Å². The number of carbonyl (C=O) groups excluding carboxylic acids is 4. The summed E-state index contributed by atoms with van der Waals surface area (Å²) in [5.41, 5.74) is 11.7. The van der Waals surface area contributed by atoms with Crippen LogP contribution < -0.4 is 16.2 Å². The molecule has 12 nitrogen and oxygen atoms in total. The molecular formula is C27H34N6O6. The molecule has 2 aromatic carbocycles. The number of piperazine rings is 1. The molecule has 0 aliphatic carbocycles. The van der Waals surface area contributed by atoms with Gasteiger partial charge in [-0.2, -0.15) is 0 Å². The number of carbonyl (C=O) groups is 4. The van der Waals surface area contributed by atoms with Crippen LogP contribution >= 0.6 is 0 Å². The van der Waals surface area contributed by atoms with E-state index in [2.05, 4.69) is 4.99 Å². The van der Waals surface area contributed by atoms with Gasteiger partial charge in [0.15, 0.2) is 12.6 Å². The molecule has 12 heteroatoms. The Hall–Kier alpha value is -4.45. The third-order valence-corrected chi connectivity index (χ3v) is 6.19. The normalized spacial score (nSPS) is 13.3. The molecule has 3 rings (SSSR count). The number of aliphatic imine (C=N–C) groups is 1. The maximum absolute atomic E-state index is 12.5. The Labute approximate surface area is 227 Å². The van der Waals surface area contributed by atoms with Gasteiger partial charge in [0.05, 0.1) is 23.4 Å². The number of rotatable bonds is 10. The summed E-state index contributed by atoms with van der Waals surface area (Å²) in [6.07, 6.45) is 0. The van der Waals surface area contributed by atoms with Crippen molar-refractivity contribution in [2.24, 2.45) is 16.5 Å². The number of nitrogens with two attached hydrogens (primary N) is 2. The number of nitrogens with zero attached hydrogens (tertiary/aromatic N) is 4. The average Bonchev–Trinajstić information content (AvgIpc) is 2.93. The third-order valence-electron chi connectivity index (χ3n) is 6.19. The van der Waals surface area contributed by atoms with Gasteiger partial charge >= 0.3 is 11.9 Å². The molecule has 0 aromatic heterocycles. The Kier molecular flexibility index (Phi) is 10.4. The highest BCUT2D eigenvalue weighted by Crippen LogP contribution is 2.17. The lowest BCUT2D eigenvalue weighted by Crippen LogP contribution is -2.52. The molecule has 1 heterocycles. The van der Waals surface area contributed by atoms with Crippen LogP contribution in [0.1, 0.15) is 34.6 Å². The summed E-state index contributed by atoms with van der Waals surface area (Å²) >= 11 is 0. The van der Waals surface area contributed by atoms with E-state index in [4.69, 9.17) is 20.9 Å². The van der Waals surface area contributed by atoms with Crippen LogP contribution in [0, 0.1) is 0 Å². The van der Waals surface area contributed by atoms with Gasteiger partial charge in [-0.15, -0.1) is 0 Å². The van der Waals surface area contributed by atoms with Gasteiger partial charge in [0.2, 0.25) is 5.91 Å². The number of benzene rings is 2. The minimum Gasteiger partial charge on any atom is -0.452 e. The topological polar surface area (TPSA) is 161 Å². The minimum atomic E-state index is -0.667. The van der Waals surface area contributed by atoms with Crippen molar-refractivity contribution in [3.63, 3.8) is 0 Å². The summed E-state index contributed by atoms with van der Waals surface area (Å²) in [7, 11) is 0. The second-order valence-electron chi connectivity index (χ2n) is 8.80. The average molecular weight is 539 g/mol. The molecule has 2 aromatic rings. The summed E-state index contributed by atoms with van der Waals surface area (Å²) in [5, 5.41) is 0. The Morgan fingerprint density at radius 1 is 0.846 bits per heavy atom. The molecule has 1 aliphatic heterocycles. The van der Waals surface area contributed by atoms with E-state index in [-0.39, 0.29) is 35.7 Å². The Morgan fingerprint density at radius 3 is 1.97 bits per heavy atom. The van der Waals surface area contributed by atoms with E-state index in [1.54, 1.807) is 21.9 Å². The molecule has 39 heavy (non-hydrogen) atoms. The highest BCUT2D eigenvalue weighted by molar-refractivity contribution is 5.93. The Bertz CT molecular complexity index is 1180. The smallest absolute Gasteiger partial charge is 0.343 e. The highest BCUT2D eigenvalue weighted by Gasteiger charge is 2.24. The number of hydrogen-bond acceptors (Lipinski definition) is 8. The van der Waals surface area contributed by atoms with E-state index >= 15 is 0 Å². The fraction of sp³-hybridized carbons (Fsp3) is 0.370. The van der Waals surface area contributed by atoms with Crippen molar-refractivity contribution < 1.29 is 28.7 Å². The lowest BCUT2D eigenvalue weighted by Gasteiger charge is -2.35. The van der Waals surface area contributed by atoms with Gasteiger partial charge in [0.1, 0.15) is 5.75 Å². The first-order chi connectivity index (χ1) is 18.7. The Morgan fingerprint density at radius 2 is 1.41 bits per heavy atom. The second kappa shape index (κ2) is 13.9. The van der Waals surface area contributed by atoms with Crippen LogP contribution in [0.15, 0.2) is 53.5 Å². The molecular weight excluding hydrogens is 504 g/mol. The Balaban J connectivity index is 1.43. The lowest BCUT2D eigenvalue weighted by atomic mass is 10.2. The molecule has 2 amide bonds. The number of ether oxygens (including phenoxy) is 2. The fourth-order valence-corrected chi connectivity index (χ4v) is 3.97. The van der Waals surface area contributed by atoms with E-state index in [1.807, 2.05) is 18.7 Å². The summed E-state index contributed by atoms with van der Waals surface area (Å²) in [5.74, 6) is -1.34. The quantitative estimate of drug-likeness (QED) is 0.194. The minimum absolute atomic E-state index is 0.0765. The molecule has 1 fully saturated rings. The number of hydrogen-bond donors (Lipinski definition) is 2. The summed E-state index contributed by atoms with van der Waals surface area (Å²) < 4.78 is 10.5. The van der Waals surface area contributed by atoms with Gasteiger partial charge in [-0.3, -0.25) is 14.5 Å². The number of likely N-dealkylation sites (N-methyl/N-ethyl adjacent to an activating group) is 1. The van der Waals surface area contributed by atoms with Gasteiger partial charge in [0, 0.05) is 39.3 Å². The molecule has 0 saturated carbocycles. The van der Waals surface area contributed by atoms with Crippen LogP contribution in [0.25, 0.3) is 0 Å². The SMILES string of the molecule is CCN(CC)C(=O)CN1CCN(C(=O)COC(=O)c2ccc(OC(=O)c3ccc(N=C(N)N)cc3)cc2)CC1. The van der Waals surface area contributed by atoms with Crippen molar-refractivity contribution >= 4 is 35.4 Å². The maximum atomic E-state index is 12.5. The molecule has 4 N–H and O–H groups in total. The second-order valence-corrected chi connectivity index (χ2v) is 8.80. The third kappa shape index (κ3) is 8.54. The zero-order valence-corrected chi connectivity index (χ0v) is 22.2. The van der Waals surface area contributed by atoms with Crippen LogP contribution in [-0.4, -0.2) is 96.8 Å². The van der Waals surface area contributed by atoms with Gasteiger partial charge in [-0.1, -0.05) is 0 Å². The van der Waals surface area contributed by atoms with E-state index < -0.39 is 11.9 Å². The number of guanidine groups is 1. The molecule has 0 unspecified atom stereocenters. The molecule has 0 bridgehead atoms. The van der Waals surface area contributed by atoms with E-state index in [9.17, 15) is 19.2 Å². The van der Waals surface area contributed by atoms with E-state index in [0.717, 1.165) is 0 Å². The standard InChI is InChI=1S/C27H34N6O6/c1-3-32(4-2)23(34)17-31-13-15-33(16-14-31)24(35)18-38-25(36)19-7-11-22(12-8-19)39-26(37)20-5-9-21(10-6-20)30-27(28)29/h5-12H,3-4,13-18H2,1-2H3,(H4,28,29,30). The lowest BCUT2D eigenvalue weighted by molar-refractivity contribution is -0.137. The van der Waals surface area contributed by atoms with Crippen molar-refractivity contribution in [3.05, 3.63) is 59.7 Å². The first kappa shape index (κ1) is 29.1. The van der Waals surface area contributed by atoms with Crippen molar-refractivity contribution in [1.29, 1.82) is 0 Å². The van der Waals surface area contributed by atoms with E-state index in [1.165, 1.54) is 36.4 Å². The zero-order valence-electron chi connectivity index (χ0n) is 22.2. The van der Waals surface area contributed by atoms with Gasteiger partial charge in [0.25, 0.3) is 5.91 Å². The van der Waals surface area contributed by atoms with Crippen LogP contribution in [0.2, 0.25) is 0 Å². The molecule has 0 atom stereocenters. The van der Waals surface area contributed by atoms with Crippen molar-refractivity contribution in [2.75, 3.05) is 52.4 Å².